The highest BCUT2D eigenvalue weighted by atomic mass is 16.3. The van der Waals surface area contributed by atoms with Crippen LogP contribution in [0.15, 0.2) is 64.2 Å². The van der Waals surface area contributed by atoms with Gasteiger partial charge in [-0.3, -0.25) is 4.99 Å². The summed E-state index contributed by atoms with van der Waals surface area (Å²) >= 11 is 0. The Hall–Kier alpha value is -1.71. The van der Waals surface area contributed by atoms with Crippen LogP contribution >= 0.6 is 0 Å². The zero-order chi connectivity index (χ0) is 24.4. The molecule has 0 unspecified atom stereocenters. The number of allylic oxidation sites excluding steroid dienone is 7. The van der Waals surface area contributed by atoms with E-state index in [1.54, 1.807) is 5.57 Å². The Morgan fingerprint density at radius 2 is 2.03 bits per heavy atom. The van der Waals surface area contributed by atoms with Gasteiger partial charge in [-0.05, 0) is 73.0 Å². The predicted octanol–water partition coefficient (Wildman–Crippen LogP) is 6.75. The minimum atomic E-state index is -0.625. The van der Waals surface area contributed by atoms with Crippen LogP contribution in [0.1, 0.15) is 79.6 Å². The molecule has 2 saturated carbocycles. The molecule has 182 valence electrons. The van der Waals surface area contributed by atoms with Gasteiger partial charge in [0.15, 0.2) is 0 Å². The summed E-state index contributed by atoms with van der Waals surface area (Å²) in [5, 5.41) is 20.2. The van der Waals surface area contributed by atoms with Gasteiger partial charge in [0, 0.05) is 24.6 Å². The zero-order valence-electron chi connectivity index (χ0n) is 21.7. The molecule has 3 nitrogen and oxygen atoms in total. The molecule has 3 heteroatoms. The minimum Gasteiger partial charge on any atom is -0.393 e. The lowest BCUT2D eigenvalue weighted by Gasteiger charge is -2.42. The van der Waals surface area contributed by atoms with E-state index in [-0.39, 0.29) is 10.8 Å². The van der Waals surface area contributed by atoms with Gasteiger partial charge in [-0.1, -0.05) is 76.6 Å². The van der Waals surface area contributed by atoms with Crippen molar-refractivity contribution in [3.05, 3.63) is 59.3 Å². The second kappa shape index (κ2) is 10.3. The number of aliphatic hydroxyl groups excluding tert-OH is 2. The van der Waals surface area contributed by atoms with E-state index >= 15 is 0 Å². The molecule has 0 heterocycles. The van der Waals surface area contributed by atoms with Crippen molar-refractivity contribution in [3.63, 3.8) is 0 Å². The molecule has 0 bridgehead atoms. The van der Waals surface area contributed by atoms with Crippen LogP contribution < -0.4 is 0 Å². The Morgan fingerprint density at radius 1 is 1.30 bits per heavy atom. The van der Waals surface area contributed by atoms with Crippen LogP contribution in [0, 0.1) is 22.7 Å². The fourth-order valence-electron chi connectivity index (χ4n) is 6.25. The molecule has 3 aliphatic carbocycles. The first-order chi connectivity index (χ1) is 15.5. The molecule has 2 fully saturated rings. The van der Waals surface area contributed by atoms with Gasteiger partial charge < -0.3 is 10.2 Å². The number of hydrogen-bond acceptors (Lipinski definition) is 3. The lowest BCUT2D eigenvalue weighted by molar-refractivity contribution is 0.0862. The van der Waals surface area contributed by atoms with E-state index in [2.05, 4.69) is 76.6 Å². The van der Waals surface area contributed by atoms with Crippen molar-refractivity contribution in [2.24, 2.45) is 27.7 Å². The van der Waals surface area contributed by atoms with Gasteiger partial charge in [0.1, 0.15) is 0 Å². The Kier molecular flexibility index (Phi) is 8.07. The Labute approximate surface area is 201 Å². The molecule has 0 aromatic carbocycles. The summed E-state index contributed by atoms with van der Waals surface area (Å²) in [5.41, 5.74) is 6.35. The molecule has 3 aliphatic rings. The summed E-state index contributed by atoms with van der Waals surface area (Å²) in [5.74, 6) is 1.08. The van der Waals surface area contributed by atoms with E-state index in [1.807, 2.05) is 7.05 Å². The molecular weight excluding hydrogens is 406 g/mol. The van der Waals surface area contributed by atoms with E-state index in [0.717, 1.165) is 36.1 Å². The topological polar surface area (TPSA) is 52.8 Å². The van der Waals surface area contributed by atoms with Gasteiger partial charge >= 0.3 is 0 Å². The van der Waals surface area contributed by atoms with Crippen LogP contribution in [-0.4, -0.2) is 35.2 Å². The van der Waals surface area contributed by atoms with Gasteiger partial charge in [-0.15, -0.1) is 0 Å². The average Bonchev–Trinajstić information content (AvgIpc) is 3.09. The van der Waals surface area contributed by atoms with Crippen molar-refractivity contribution in [2.75, 3.05) is 7.05 Å². The molecular formula is C30H45NO2. The van der Waals surface area contributed by atoms with Crippen LogP contribution in [0.3, 0.4) is 0 Å². The maximum atomic E-state index is 10.2. The Bertz CT molecular complexity index is 895. The summed E-state index contributed by atoms with van der Waals surface area (Å²) in [7, 11) is 1.88. The fourth-order valence-corrected chi connectivity index (χ4v) is 6.25. The fraction of sp³-hybridized carbons (Fsp3) is 0.633. The van der Waals surface area contributed by atoms with E-state index < -0.39 is 12.2 Å². The first kappa shape index (κ1) is 25.9. The van der Waals surface area contributed by atoms with Crippen LogP contribution in [0.2, 0.25) is 0 Å². The van der Waals surface area contributed by atoms with Gasteiger partial charge in [0.2, 0.25) is 0 Å². The van der Waals surface area contributed by atoms with Crippen molar-refractivity contribution in [3.8, 4) is 0 Å². The smallest absolute Gasteiger partial charge is 0.0811 e. The first-order valence-electron chi connectivity index (χ1n) is 12.8. The Morgan fingerprint density at radius 3 is 2.70 bits per heavy atom. The van der Waals surface area contributed by atoms with Crippen LogP contribution in [0.25, 0.3) is 0 Å². The Balaban J connectivity index is 1.73. The summed E-state index contributed by atoms with van der Waals surface area (Å²) in [6, 6.07) is 0. The lowest BCUT2D eigenvalue weighted by atomic mass is 9.62. The van der Waals surface area contributed by atoms with Crippen LogP contribution in [0.5, 0.6) is 0 Å². The quantitative estimate of drug-likeness (QED) is 0.359. The monoisotopic (exact) mass is 451 g/mol. The molecule has 0 aromatic heterocycles. The number of rotatable bonds is 5. The predicted molar refractivity (Wildman–Crippen MR) is 140 cm³/mol. The molecule has 3 rings (SSSR count). The highest BCUT2D eigenvalue weighted by molar-refractivity contribution is 5.98. The molecule has 2 N–H and O–H groups in total. The van der Waals surface area contributed by atoms with Crippen LogP contribution in [0.4, 0.5) is 0 Å². The van der Waals surface area contributed by atoms with Gasteiger partial charge in [-0.2, -0.15) is 0 Å². The SMILES string of the molecule is C=C1/C(=C\C=C2/CCC[C@]3(C)C([C@H](C)C/C=C/C(=N\C)C(C)(C)C)=CC[C@@H]23)C[C@@H](O)C[C@@H]1O. The minimum absolute atomic E-state index is 0.0749. The number of aliphatic hydroxyl groups is 2. The standard InChI is InChI=1S/C30H45NO2/c1-20(10-8-12-28(31-7)29(3,4)5)25-15-16-26-22(11-9-17-30(25,26)6)13-14-23-18-24(32)19-27(33)21(23)2/h8,12-15,20,24,26-27,32-33H,2,9-11,16-19H2,1,3-7H3/b12-8+,22-13+,23-14-,31-28+/t20-,24-,26+,27+,30-/m1/s1. The van der Waals surface area contributed by atoms with Crippen molar-refractivity contribution < 1.29 is 10.2 Å². The first-order valence-corrected chi connectivity index (χ1v) is 12.8. The van der Waals surface area contributed by atoms with Crippen molar-refractivity contribution in [1.82, 2.24) is 0 Å². The number of nitrogens with zero attached hydrogens (tertiary/aromatic N) is 1. The molecule has 0 amide bonds. The molecule has 33 heavy (non-hydrogen) atoms. The second-order valence-corrected chi connectivity index (χ2v) is 11.7. The largest absolute Gasteiger partial charge is 0.393 e. The van der Waals surface area contributed by atoms with E-state index in [9.17, 15) is 10.2 Å². The number of hydrogen-bond donors (Lipinski definition) is 2. The highest BCUT2D eigenvalue weighted by Gasteiger charge is 2.45. The third-order valence-electron chi connectivity index (χ3n) is 8.18. The highest BCUT2D eigenvalue weighted by Crippen LogP contribution is 2.57. The molecule has 0 saturated heterocycles. The molecule has 0 aromatic rings. The number of fused-ring (bicyclic) bond motifs is 1. The molecule has 0 spiro atoms. The van der Waals surface area contributed by atoms with Gasteiger partial charge in [-0.25, -0.2) is 0 Å². The number of aliphatic imine (C=N–C) groups is 1. The van der Waals surface area contributed by atoms with E-state index in [0.29, 0.717) is 24.7 Å². The summed E-state index contributed by atoms with van der Waals surface area (Å²) < 4.78 is 0. The zero-order valence-corrected chi connectivity index (χ0v) is 21.7. The van der Waals surface area contributed by atoms with E-state index in [4.69, 9.17) is 0 Å². The lowest BCUT2D eigenvalue weighted by Crippen LogP contribution is -2.32. The molecule has 0 radical (unpaired) electrons. The van der Waals surface area contributed by atoms with Crippen molar-refractivity contribution in [1.29, 1.82) is 0 Å². The molecule has 0 aliphatic heterocycles. The third kappa shape index (κ3) is 5.69. The summed E-state index contributed by atoms with van der Waals surface area (Å²) in [4.78, 5) is 4.48. The average molecular weight is 452 g/mol. The van der Waals surface area contributed by atoms with Crippen molar-refractivity contribution >= 4 is 5.71 Å². The normalized spacial score (nSPS) is 34.8. The third-order valence-corrected chi connectivity index (χ3v) is 8.18. The maximum Gasteiger partial charge on any atom is 0.0811 e. The second-order valence-electron chi connectivity index (χ2n) is 11.7. The summed E-state index contributed by atoms with van der Waals surface area (Å²) in [6.45, 7) is 15.5. The molecule has 5 atom stereocenters. The van der Waals surface area contributed by atoms with Crippen molar-refractivity contribution in [2.45, 2.75) is 91.8 Å². The summed E-state index contributed by atoms with van der Waals surface area (Å²) in [6.07, 6.45) is 17.1. The van der Waals surface area contributed by atoms with Gasteiger partial charge in [0.25, 0.3) is 0 Å². The van der Waals surface area contributed by atoms with Gasteiger partial charge in [0.05, 0.1) is 12.2 Å². The maximum absolute atomic E-state index is 10.2. The van der Waals surface area contributed by atoms with E-state index in [1.165, 1.54) is 18.4 Å². The van der Waals surface area contributed by atoms with Crippen LogP contribution in [-0.2, 0) is 0 Å².